The average molecular weight is 759 g/mol. The molecule has 0 aliphatic heterocycles. The topological polar surface area (TPSA) is 136 Å². The van der Waals surface area contributed by atoms with Gasteiger partial charge >= 0.3 is 17.9 Å². The molecule has 1 unspecified atom stereocenters. The van der Waals surface area contributed by atoms with Crippen molar-refractivity contribution < 1.29 is 36.7 Å². The second-order valence-corrected chi connectivity index (χ2v) is 16.3. The Bertz CT molecular complexity index is 2120. The van der Waals surface area contributed by atoms with Crippen LogP contribution in [0.3, 0.4) is 0 Å². The SMILES string of the molecule is CN(c1ccccc1)S(=O)(=O)c1cccc(NC(=O)N(Cc2ccc(C(=O)NCC(F)(F)C(=O)O)cc2)c2ccc(C3=CCC(C(C)(C)C)CC3)cc2)c1. The second kappa shape index (κ2) is 16.2. The third kappa shape index (κ3) is 9.51. The predicted octanol–water partition coefficient (Wildman–Crippen LogP) is 8.43. The molecule has 0 saturated heterocycles. The number of urea groups is 1. The number of aliphatic carboxylic acids is 1. The summed E-state index contributed by atoms with van der Waals surface area (Å²) in [7, 11) is -2.51. The number of carbonyl (C=O) groups is 3. The van der Waals surface area contributed by atoms with Crippen LogP contribution in [0.1, 0.15) is 61.5 Å². The lowest BCUT2D eigenvalue weighted by Crippen LogP contribution is -2.42. The molecule has 0 saturated carbocycles. The van der Waals surface area contributed by atoms with E-state index in [0.717, 1.165) is 29.1 Å². The average Bonchev–Trinajstić information content (AvgIpc) is 3.16. The molecule has 54 heavy (non-hydrogen) atoms. The van der Waals surface area contributed by atoms with Gasteiger partial charge in [-0.25, -0.2) is 18.0 Å². The van der Waals surface area contributed by atoms with Crippen LogP contribution in [0, 0.1) is 11.3 Å². The number of sulfonamides is 1. The summed E-state index contributed by atoms with van der Waals surface area (Å²) in [6.45, 7) is 5.43. The van der Waals surface area contributed by atoms with Crippen molar-refractivity contribution in [3.8, 4) is 0 Å². The smallest absolute Gasteiger partial charge is 0.376 e. The summed E-state index contributed by atoms with van der Waals surface area (Å²) in [6.07, 6.45) is 5.30. The highest BCUT2D eigenvalue weighted by atomic mass is 32.2. The summed E-state index contributed by atoms with van der Waals surface area (Å²) < 4.78 is 55.2. The van der Waals surface area contributed by atoms with Gasteiger partial charge in [0, 0.05) is 24.0 Å². The van der Waals surface area contributed by atoms with Crippen LogP contribution in [0.25, 0.3) is 5.57 Å². The van der Waals surface area contributed by atoms with Gasteiger partial charge in [0.05, 0.1) is 23.7 Å². The largest absolute Gasteiger partial charge is 0.477 e. The third-order valence-corrected chi connectivity index (χ3v) is 11.4. The van der Waals surface area contributed by atoms with Gasteiger partial charge in [-0.15, -0.1) is 0 Å². The Balaban J connectivity index is 1.39. The number of nitrogens with one attached hydrogen (secondary N) is 2. The Morgan fingerprint density at radius 3 is 2.13 bits per heavy atom. The van der Waals surface area contributed by atoms with Crippen molar-refractivity contribution in [2.45, 2.75) is 57.4 Å². The summed E-state index contributed by atoms with van der Waals surface area (Å²) in [6, 6.07) is 27.5. The molecule has 0 heterocycles. The normalized spacial score (nSPS) is 14.8. The van der Waals surface area contributed by atoms with Gasteiger partial charge in [0.1, 0.15) is 0 Å². The van der Waals surface area contributed by atoms with Gasteiger partial charge in [0.2, 0.25) is 0 Å². The second-order valence-electron chi connectivity index (χ2n) is 14.4. The molecule has 3 N–H and O–H groups in total. The van der Waals surface area contributed by atoms with Crippen LogP contribution in [-0.4, -0.2) is 50.9 Å². The summed E-state index contributed by atoms with van der Waals surface area (Å²) in [5, 5.41) is 13.4. The number of halogens is 2. The molecule has 10 nitrogen and oxygen atoms in total. The fourth-order valence-corrected chi connectivity index (χ4v) is 7.43. The van der Waals surface area contributed by atoms with E-state index in [4.69, 9.17) is 5.11 Å². The molecule has 1 atom stereocenters. The highest BCUT2D eigenvalue weighted by molar-refractivity contribution is 7.92. The summed E-state index contributed by atoms with van der Waals surface area (Å²) >= 11 is 0. The Kier molecular flexibility index (Phi) is 11.9. The van der Waals surface area contributed by atoms with Crippen molar-refractivity contribution in [2.75, 3.05) is 28.1 Å². The number of para-hydroxylation sites is 1. The Morgan fingerprint density at radius 1 is 0.870 bits per heavy atom. The molecule has 3 amide bonds. The Morgan fingerprint density at radius 2 is 1.54 bits per heavy atom. The van der Waals surface area contributed by atoms with Crippen LogP contribution in [0.15, 0.2) is 114 Å². The first kappa shape index (κ1) is 39.6. The molecule has 0 aromatic heterocycles. The van der Waals surface area contributed by atoms with Gasteiger partial charge in [-0.2, -0.15) is 8.78 Å². The van der Waals surface area contributed by atoms with Gasteiger partial charge in [0.15, 0.2) is 0 Å². The van der Waals surface area contributed by atoms with Crippen molar-refractivity contribution in [3.05, 3.63) is 126 Å². The fourth-order valence-electron chi connectivity index (χ4n) is 6.19. The molecule has 0 fully saturated rings. The standard InChI is InChI=1S/C41H44F2N4O6S/c1-40(2,3)32-21-17-29(18-22-32)30-19-23-35(24-20-30)47(26-28-13-15-31(16-14-28)37(48)44-27-41(42,43)38(49)50)39(51)45-33-9-8-12-36(25-33)54(52,53)46(4)34-10-6-5-7-11-34/h5-17,19-20,23-25,32H,18,21-22,26-27H2,1-4H3,(H,44,48)(H,45,51)(H,49,50). The number of alkyl halides is 2. The van der Waals surface area contributed by atoms with Crippen molar-refractivity contribution in [1.82, 2.24) is 5.32 Å². The number of anilines is 3. The lowest BCUT2D eigenvalue weighted by atomic mass is 9.72. The Hall–Kier alpha value is -5.56. The zero-order valence-electron chi connectivity index (χ0n) is 30.6. The van der Waals surface area contributed by atoms with Crippen LogP contribution >= 0.6 is 0 Å². The van der Waals surface area contributed by atoms with Gasteiger partial charge in [-0.3, -0.25) is 14.0 Å². The Labute approximate surface area is 314 Å². The van der Waals surface area contributed by atoms with Crippen LogP contribution < -0.4 is 19.8 Å². The van der Waals surface area contributed by atoms with E-state index in [2.05, 4.69) is 32.2 Å². The first-order valence-electron chi connectivity index (χ1n) is 17.5. The molecule has 1 aliphatic rings. The monoisotopic (exact) mass is 758 g/mol. The lowest BCUT2D eigenvalue weighted by Gasteiger charge is -2.33. The quantitative estimate of drug-likeness (QED) is 0.133. The first-order chi connectivity index (χ1) is 25.5. The van der Waals surface area contributed by atoms with E-state index >= 15 is 0 Å². The minimum Gasteiger partial charge on any atom is -0.477 e. The lowest BCUT2D eigenvalue weighted by molar-refractivity contribution is -0.163. The number of nitrogens with zero attached hydrogens (tertiary/aromatic N) is 2. The molecule has 5 rings (SSSR count). The maximum atomic E-state index is 14.0. The molecular weight excluding hydrogens is 715 g/mol. The molecule has 4 aromatic rings. The van der Waals surface area contributed by atoms with Crippen molar-refractivity contribution >= 4 is 50.6 Å². The van der Waals surface area contributed by atoms with Crippen molar-refractivity contribution in [2.24, 2.45) is 11.3 Å². The summed E-state index contributed by atoms with van der Waals surface area (Å²) in [4.78, 5) is 38.7. The third-order valence-electron chi connectivity index (χ3n) is 9.63. The van der Waals surface area contributed by atoms with E-state index in [1.54, 1.807) is 54.6 Å². The van der Waals surface area contributed by atoms with E-state index in [-0.39, 0.29) is 28.1 Å². The number of carbonyl (C=O) groups excluding carboxylic acids is 2. The minimum atomic E-state index is -4.12. The minimum absolute atomic E-state index is 0.0213. The number of hydrogen-bond acceptors (Lipinski definition) is 5. The first-order valence-corrected chi connectivity index (χ1v) is 18.9. The molecule has 13 heteroatoms. The number of carboxylic acid groups (broad SMARTS) is 1. The highest BCUT2D eigenvalue weighted by Crippen LogP contribution is 2.40. The zero-order chi connectivity index (χ0) is 39.3. The number of carboxylic acids is 1. The van der Waals surface area contributed by atoms with Crippen LogP contribution in [-0.2, 0) is 21.4 Å². The molecule has 4 aromatic carbocycles. The maximum Gasteiger partial charge on any atom is 0.376 e. The van der Waals surface area contributed by atoms with Crippen LogP contribution in [0.5, 0.6) is 0 Å². The number of hydrogen-bond donors (Lipinski definition) is 3. The van der Waals surface area contributed by atoms with E-state index in [0.29, 0.717) is 22.9 Å². The van der Waals surface area contributed by atoms with Crippen LogP contribution in [0.4, 0.5) is 30.6 Å². The van der Waals surface area contributed by atoms with E-state index in [9.17, 15) is 31.6 Å². The molecule has 1 aliphatic carbocycles. The van der Waals surface area contributed by atoms with Crippen molar-refractivity contribution in [1.29, 1.82) is 0 Å². The molecule has 0 bridgehead atoms. The number of benzene rings is 4. The fraction of sp³-hybridized carbons (Fsp3) is 0.293. The maximum absolute atomic E-state index is 14.0. The molecule has 284 valence electrons. The molecular formula is C41H44F2N4O6S. The predicted molar refractivity (Wildman–Crippen MR) is 206 cm³/mol. The van der Waals surface area contributed by atoms with Crippen LogP contribution in [0.2, 0.25) is 0 Å². The highest BCUT2D eigenvalue weighted by Gasteiger charge is 2.39. The summed E-state index contributed by atoms with van der Waals surface area (Å²) in [5.74, 6) is -6.76. The number of amides is 3. The number of rotatable bonds is 12. The van der Waals surface area contributed by atoms with E-state index in [1.165, 1.54) is 41.8 Å². The molecule has 0 radical (unpaired) electrons. The van der Waals surface area contributed by atoms with E-state index < -0.39 is 40.4 Å². The van der Waals surface area contributed by atoms with Gasteiger partial charge in [0.25, 0.3) is 15.9 Å². The van der Waals surface area contributed by atoms with Crippen molar-refractivity contribution in [3.63, 3.8) is 0 Å². The number of allylic oxidation sites excluding steroid dienone is 2. The van der Waals surface area contributed by atoms with Gasteiger partial charge < -0.3 is 15.7 Å². The summed E-state index contributed by atoms with van der Waals surface area (Å²) in [5.41, 5.74) is 4.39. The van der Waals surface area contributed by atoms with E-state index in [1.807, 2.05) is 29.6 Å². The van der Waals surface area contributed by atoms with Gasteiger partial charge in [-0.1, -0.05) is 75.4 Å². The molecule has 0 spiro atoms. The van der Waals surface area contributed by atoms with Gasteiger partial charge in [-0.05, 0) is 102 Å². The zero-order valence-corrected chi connectivity index (χ0v) is 31.4.